The molecule has 0 spiro atoms. The van der Waals surface area contributed by atoms with Crippen molar-refractivity contribution in [2.45, 2.75) is 50.3 Å². The summed E-state index contributed by atoms with van der Waals surface area (Å²) in [6.45, 7) is 7.47. The molecule has 8 heteroatoms. The van der Waals surface area contributed by atoms with Gasteiger partial charge in [0.05, 0.1) is 17.1 Å². The number of amides is 1. The fourth-order valence-electron chi connectivity index (χ4n) is 4.90. The van der Waals surface area contributed by atoms with Crippen LogP contribution in [0.1, 0.15) is 43.0 Å². The smallest absolute Gasteiger partial charge is 0.268 e. The number of aryl methyl sites for hydroxylation is 1. The summed E-state index contributed by atoms with van der Waals surface area (Å²) >= 11 is 0. The molecule has 2 heterocycles. The average Bonchev–Trinajstić information content (AvgIpc) is 3.10. The Balaban J connectivity index is 1.48. The van der Waals surface area contributed by atoms with Gasteiger partial charge >= 0.3 is 0 Å². The molecule has 1 atom stereocenters. The SMILES string of the molecule is Cc1ccc2c(c1)C(O)(c1ccc(S(=O)(=O)NC(C)(C)C)cc1)C(=O)N2Cc1ccc(-c2ccncc2)cc1. The minimum Gasteiger partial charge on any atom is -0.372 e. The fraction of sp³-hybridized carbons (Fsp3) is 0.226. The number of fused-ring (bicyclic) bond motifs is 1. The van der Waals surface area contributed by atoms with E-state index in [1.807, 2.05) is 61.5 Å². The lowest BCUT2D eigenvalue weighted by atomic mass is 9.87. The Labute approximate surface area is 229 Å². The van der Waals surface area contributed by atoms with Crippen LogP contribution in [0.5, 0.6) is 0 Å². The zero-order valence-corrected chi connectivity index (χ0v) is 23.2. The van der Waals surface area contributed by atoms with Crippen LogP contribution in [0.15, 0.2) is 96.2 Å². The zero-order valence-electron chi connectivity index (χ0n) is 22.3. The van der Waals surface area contributed by atoms with E-state index >= 15 is 0 Å². The van der Waals surface area contributed by atoms with Crippen molar-refractivity contribution in [2.24, 2.45) is 0 Å². The van der Waals surface area contributed by atoms with Crippen LogP contribution in [-0.2, 0) is 27.0 Å². The van der Waals surface area contributed by atoms with E-state index in [0.717, 1.165) is 22.3 Å². The first-order valence-electron chi connectivity index (χ1n) is 12.7. The number of aliphatic hydroxyl groups is 1. The molecule has 4 aromatic rings. The topological polar surface area (TPSA) is 99.6 Å². The summed E-state index contributed by atoms with van der Waals surface area (Å²) < 4.78 is 28.2. The van der Waals surface area contributed by atoms with Crippen molar-refractivity contribution in [1.29, 1.82) is 0 Å². The lowest BCUT2D eigenvalue weighted by Crippen LogP contribution is -2.41. The average molecular weight is 542 g/mol. The van der Waals surface area contributed by atoms with Gasteiger partial charge in [-0.05, 0) is 80.3 Å². The van der Waals surface area contributed by atoms with Crippen molar-refractivity contribution in [1.82, 2.24) is 9.71 Å². The number of aromatic nitrogens is 1. The molecule has 3 aromatic carbocycles. The van der Waals surface area contributed by atoms with Crippen LogP contribution in [0, 0.1) is 6.92 Å². The number of carbonyl (C=O) groups is 1. The van der Waals surface area contributed by atoms with Gasteiger partial charge in [0.25, 0.3) is 5.91 Å². The predicted molar refractivity (Wildman–Crippen MR) is 152 cm³/mol. The quantitative estimate of drug-likeness (QED) is 0.361. The Morgan fingerprint density at radius 3 is 2.13 bits per heavy atom. The van der Waals surface area contributed by atoms with Crippen molar-refractivity contribution < 1.29 is 18.3 Å². The molecule has 1 unspecified atom stereocenters. The number of sulfonamides is 1. The summed E-state index contributed by atoms with van der Waals surface area (Å²) in [5, 5.41) is 12.0. The Morgan fingerprint density at radius 2 is 1.51 bits per heavy atom. The second-order valence-corrected chi connectivity index (χ2v) is 12.6. The highest BCUT2D eigenvalue weighted by Gasteiger charge is 2.51. The number of benzene rings is 3. The largest absolute Gasteiger partial charge is 0.372 e. The van der Waals surface area contributed by atoms with E-state index in [9.17, 15) is 18.3 Å². The second-order valence-electron chi connectivity index (χ2n) is 10.9. The molecule has 0 bridgehead atoms. The lowest BCUT2D eigenvalue weighted by molar-refractivity contribution is -0.132. The molecule has 2 N–H and O–H groups in total. The summed E-state index contributed by atoms with van der Waals surface area (Å²) in [4.78, 5) is 19.6. The molecule has 0 fully saturated rings. The standard InChI is InChI=1S/C31H31N3O4S/c1-21-5-14-28-27(19-21)31(36,25-10-12-26(13-11-25)39(37,38)33-30(2,3)4)29(35)34(28)20-22-6-8-23(9-7-22)24-15-17-32-18-16-24/h5-19,33,36H,20H2,1-4H3. The van der Waals surface area contributed by atoms with Crippen LogP contribution in [-0.4, -0.2) is 30.0 Å². The number of rotatable bonds is 6. The minimum atomic E-state index is -3.76. The lowest BCUT2D eigenvalue weighted by Gasteiger charge is -2.25. The third-order valence-corrected chi connectivity index (χ3v) is 8.49. The summed E-state index contributed by atoms with van der Waals surface area (Å²) in [5.74, 6) is -0.482. The van der Waals surface area contributed by atoms with Gasteiger partial charge in [0, 0.05) is 23.5 Å². The molecule has 7 nitrogen and oxygen atoms in total. The zero-order chi connectivity index (χ0) is 28.0. The third-order valence-electron chi connectivity index (χ3n) is 6.72. The van der Waals surface area contributed by atoms with E-state index < -0.39 is 27.1 Å². The van der Waals surface area contributed by atoms with Gasteiger partial charge in [0.15, 0.2) is 5.60 Å². The molecule has 1 aliphatic heterocycles. The van der Waals surface area contributed by atoms with Crippen molar-refractivity contribution in [2.75, 3.05) is 4.90 Å². The van der Waals surface area contributed by atoms with Gasteiger partial charge in [-0.2, -0.15) is 0 Å². The predicted octanol–water partition coefficient (Wildman–Crippen LogP) is 4.92. The molecule has 1 aliphatic rings. The highest BCUT2D eigenvalue weighted by atomic mass is 32.2. The Morgan fingerprint density at radius 1 is 0.897 bits per heavy atom. The molecule has 0 saturated heterocycles. The van der Waals surface area contributed by atoms with Crippen molar-refractivity contribution in [3.8, 4) is 11.1 Å². The molecule has 200 valence electrons. The first kappa shape index (κ1) is 26.7. The monoisotopic (exact) mass is 541 g/mol. The van der Waals surface area contributed by atoms with Gasteiger partial charge in [-0.25, -0.2) is 13.1 Å². The van der Waals surface area contributed by atoms with Crippen LogP contribution in [0.25, 0.3) is 11.1 Å². The maximum Gasteiger partial charge on any atom is 0.268 e. The van der Waals surface area contributed by atoms with Crippen LogP contribution in [0.4, 0.5) is 5.69 Å². The summed E-state index contributed by atoms with van der Waals surface area (Å²) in [5.41, 5.74) is 2.71. The minimum absolute atomic E-state index is 0.0610. The summed E-state index contributed by atoms with van der Waals surface area (Å²) in [6.07, 6.45) is 3.49. The van der Waals surface area contributed by atoms with Crippen molar-refractivity contribution in [3.63, 3.8) is 0 Å². The van der Waals surface area contributed by atoms with Gasteiger partial charge in [0.1, 0.15) is 0 Å². The van der Waals surface area contributed by atoms with Crippen molar-refractivity contribution in [3.05, 3.63) is 114 Å². The van der Waals surface area contributed by atoms with Crippen LogP contribution in [0.3, 0.4) is 0 Å². The summed E-state index contributed by atoms with van der Waals surface area (Å²) in [7, 11) is -3.76. The highest BCUT2D eigenvalue weighted by molar-refractivity contribution is 7.89. The molecule has 5 rings (SSSR count). The maximum absolute atomic E-state index is 13.9. The second kappa shape index (κ2) is 9.72. The number of pyridine rings is 1. The Bertz CT molecular complexity index is 1630. The van der Waals surface area contributed by atoms with Crippen molar-refractivity contribution >= 4 is 21.6 Å². The Kier molecular flexibility index (Phi) is 6.66. The van der Waals surface area contributed by atoms with E-state index in [-0.39, 0.29) is 11.4 Å². The third kappa shape index (κ3) is 5.11. The molecule has 0 radical (unpaired) electrons. The number of carbonyl (C=O) groups excluding carboxylic acids is 1. The molecule has 0 aliphatic carbocycles. The highest BCUT2D eigenvalue weighted by Crippen LogP contribution is 2.45. The van der Waals surface area contributed by atoms with Crippen LogP contribution < -0.4 is 9.62 Å². The van der Waals surface area contributed by atoms with Gasteiger partial charge < -0.3 is 10.0 Å². The molecular weight excluding hydrogens is 510 g/mol. The van der Waals surface area contributed by atoms with Gasteiger partial charge in [0.2, 0.25) is 10.0 Å². The van der Waals surface area contributed by atoms with Gasteiger partial charge in [-0.15, -0.1) is 0 Å². The van der Waals surface area contributed by atoms with E-state index in [1.54, 1.807) is 38.1 Å². The number of nitrogens with zero attached hydrogens (tertiary/aromatic N) is 2. The Hall–Kier alpha value is -3.85. The molecule has 0 saturated carbocycles. The first-order chi connectivity index (χ1) is 18.4. The normalized spacial score (nSPS) is 17.4. The van der Waals surface area contributed by atoms with E-state index in [0.29, 0.717) is 16.8 Å². The molecular formula is C31H31N3O4S. The van der Waals surface area contributed by atoms with Gasteiger partial charge in [-0.1, -0.05) is 54.1 Å². The van der Waals surface area contributed by atoms with Crippen LogP contribution >= 0.6 is 0 Å². The maximum atomic E-state index is 13.9. The van der Waals surface area contributed by atoms with Crippen LogP contribution in [0.2, 0.25) is 0 Å². The molecule has 39 heavy (non-hydrogen) atoms. The summed E-state index contributed by atoms with van der Waals surface area (Å²) in [6, 6.07) is 23.2. The first-order valence-corrected chi connectivity index (χ1v) is 14.2. The van der Waals surface area contributed by atoms with Gasteiger partial charge in [-0.3, -0.25) is 9.78 Å². The van der Waals surface area contributed by atoms with E-state index in [1.165, 1.54) is 24.3 Å². The number of hydrogen-bond donors (Lipinski definition) is 2. The number of hydrogen-bond acceptors (Lipinski definition) is 5. The number of nitrogens with one attached hydrogen (secondary N) is 1. The van der Waals surface area contributed by atoms with E-state index in [4.69, 9.17) is 0 Å². The van der Waals surface area contributed by atoms with E-state index in [2.05, 4.69) is 9.71 Å². The molecule has 1 aromatic heterocycles. The molecule has 1 amide bonds. The number of anilines is 1. The fourth-order valence-corrected chi connectivity index (χ4v) is 6.32.